The fourth-order valence-electron chi connectivity index (χ4n) is 1.74. The lowest BCUT2D eigenvalue weighted by atomic mass is 10.2. The van der Waals surface area contributed by atoms with E-state index < -0.39 is 0 Å². The van der Waals surface area contributed by atoms with Crippen LogP contribution in [-0.4, -0.2) is 0 Å². The van der Waals surface area contributed by atoms with Gasteiger partial charge in [-0.15, -0.1) is 0 Å². The summed E-state index contributed by atoms with van der Waals surface area (Å²) < 4.78 is 19.6. The van der Waals surface area contributed by atoms with Crippen molar-refractivity contribution in [2.24, 2.45) is 0 Å². The van der Waals surface area contributed by atoms with E-state index in [0.29, 0.717) is 18.0 Å². The van der Waals surface area contributed by atoms with E-state index >= 15 is 0 Å². The summed E-state index contributed by atoms with van der Waals surface area (Å²) in [4.78, 5) is 0. The minimum absolute atomic E-state index is 0.267. The SMILES string of the molecule is Cc1cc(Br)cc(N)c1OCc1cccc(F)c1. The van der Waals surface area contributed by atoms with Gasteiger partial charge >= 0.3 is 0 Å². The van der Waals surface area contributed by atoms with Crippen molar-refractivity contribution in [2.45, 2.75) is 13.5 Å². The van der Waals surface area contributed by atoms with E-state index in [1.165, 1.54) is 12.1 Å². The molecule has 4 heteroatoms. The Morgan fingerprint density at radius 1 is 1.28 bits per heavy atom. The predicted octanol–water partition coefficient (Wildman–Crippen LogP) is 4.06. The molecular formula is C14H13BrFNO. The largest absolute Gasteiger partial charge is 0.486 e. The molecular weight excluding hydrogens is 297 g/mol. The van der Waals surface area contributed by atoms with Crippen molar-refractivity contribution in [2.75, 3.05) is 5.73 Å². The van der Waals surface area contributed by atoms with E-state index in [2.05, 4.69) is 15.9 Å². The summed E-state index contributed by atoms with van der Waals surface area (Å²) in [7, 11) is 0. The number of nitrogen functional groups attached to an aromatic ring is 1. The van der Waals surface area contributed by atoms with Gasteiger partial charge in [0.05, 0.1) is 5.69 Å². The fraction of sp³-hybridized carbons (Fsp3) is 0.143. The molecule has 0 unspecified atom stereocenters. The molecule has 0 aliphatic carbocycles. The molecule has 0 heterocycles. The van der Waals surface area contributed by atoms with Gasteiger partial charge in [0.15, 0.2) is 0 Å². The molecule has 0 aliphatic heterocycles. The number of aryl methyl sites for hydroxylation is 1. The summed E-state index contributed by atoms with van der Waals surface area (Å²) in [5, 5.41) is 0. The van der Waals surface area contributed by atoms with Crippen LogP contribution >= 0.6 is 15.9 Å². The Morgan fingerprint density at radius 3 is 2.72 bits per heavy atom. The van der Waals surface area contributed by atoms with Gasteiger partial charge in [-0.2, -0.15) is 0 Å². The summed E-state index contributed by atoms with van der Waals surface area (Å²) >= 11 is 3.37. The Morgan fingerprint density at radius 2 is 2.06 bits per heavy atom. The highest BCUT2D eigenvalue weighted by Crippen LogP contribution is 2.30. The predicted molar refractivity (Wildman–Crippen MR) is 74.0 cm³/mol. The number of halogens is 2. The third-order valence-corrected chi connectivity index (χ3v) is 3.00. The van der Waals surface area contributed by atoms with E-state index in [4.69, 9.17) is 10.5 Å². The molecule has 0 bridgehead atoms. The highest BCUT2D eigenvalue weighted by Gasteiger charge is 2.06. The molecule has 0 amide bonds. The van der Waals surface area contributed by atoms with Crippen LogP contribution in [0.3, 0.4) is 0 Å². The molecule has 2 nitrogen and oxygen atoms in total. The van der Waals surface area contributed by atoms with Gasteiger partial charge in [0.25, 0.3) is 0 Å². The Kier molecular flexibility index (Phi) is 3.87. The van der Waals surface area contributed by atoms with Crippen molar-refractivity contribution in [1.29, 1.82) is 0 Å². The molecule has 2 aromatic rings. The van der Waals surface area contributed by atoms with Crippen molar-refractivity contribution in [3.8, 4) is 5.75 Å². The second-order valence-electron chi connectivity index (χ2n) is 4.06. The summed E-state index contributed by atoms with van der Waals surface area (Å²) in [5.41, 5.74) is 8.17. The monoisotopic (exact) mass is 309 g/mol. The third-order valence-electron chi connectivity index (χ3n) is 2.54. The maximum atomic E-state index is 13.0. The first-order valence-corrected chi connectivity index (χ1v) is 6.28. The van der Waals surface area contributed by atoms with Crippen LogP contribution in [-0.2, 0) is 6.61 Å². The number of hydrogen-bond donors (Lipinski definition) is 1. The standard InChI is InChI=1S/C14H13BrFNO/c1-9-5-11(15)7-13(17)14(9)18-8-10-3-2-4-12(16)6-10/h2-7H,8,17H2,1H3. The lowest BCUT2D eigenvalue weighted by molar-refractivity contribution is 0.305. The van der Waals surface area contributed by atoms with Gasteiger partial charge in [0.2, 0.25) is 0 Å². The fourth-order valence-corrected chi connectivity index (χ4v) is 2.33. The second-order valence-corrected chi connectivity index (χ2v) is 4.98. The molecule has 2 N–H and O–H groups in total. The van der Waals surface area contributed by atoms with Crippen LogP contribution in [0.25, 0.3) is 0 Å². The van der Waals surface area contributed by atoms with Gasteiger partial charge in [-0.3, -0.25) is 0 Å². The van der Waals surface area contributed by atoms with Crippen LogP contribution in [0.5, 0.6) is 5.75 Å². The van der Waals surface area contributed by atoms with Crippen LogP contribution in [0.15, 0.2) is 40.9 Å². The van der Waals surface area contributed by atoms with Gasteiger partial charge < -0.3 is 10.5 Å². The Bertz CT molecular complexity index is 548. The lowest BCUT2D eigenvalue weighted by Crippen LogP contribution is -2.01. The first kappa shape index (κ1) is 12.9. The Hall–Kier alpha value is -1.55. The Labute approximate surface area is 114 Å². The molecule has 0 saturated carbocycles. The molecule has 18 heavy (non-hydrogen) atoms. The minimum Gasteiger partial charge on any atom is -0.486 e. The number of hydrogen-bond acceptors (Lipinski definition) is 2. The van der Waals surface area contributed by atoms with Crippen molar-refractivity contribution in [3.05, 3.63) is 57.8 Å². The number of benzene rings is 2. The molecule has 94 valence electrons. The normalized spacial score (nSPS) is 10.4. The summed E-state index contributed by atoms with van der Waals surface area (Å²) in [6.45, 7) is 2.21. The average Bonchev–Trinajstić information content (AvgIpc) is 2.27. The smallest absolute Gasteiger partial charge is 0.145 e. The number of anilines is 1. The quantitative estimate of drug-likeness (QED) is 0.868. The van der Waals surface area contributed by atoms with Crippen molar-refractivity contribution >= 4 is 21.6 Å². The molecule has 0 spiro atoms. The minimum atomic E-state index is -0.267. The topological polar surface area (TPSA) is 35.2 Å². The van der Waals surface area contributed by atoms with E-state index in [1.807, 2.05) is 19.1 Å². The van der Waals surface area contributed by atoms with Crippen molar-refractivity contribution in [1.82, 2.24) is 0 Å². The van der Waals surface area contributed by atoms with E-state index in [0.717, 1.165) is 15.6 Å². The summed E-state index contributed by atoms with van der Waals surface area (Å²) in [6.07, 6.45) is 0. The van der Waals surface area contributed by atoms with Gasteiger partial charge in [-0.1, -0.05) is 28.1 Å². The first-order valence-electron chi connectivity index (χ1n) is 5.49. The van der Waals surface area contributed by atoms with Crippen LogP contribution in [0.1, 0.15) is 11.1 Å². The van der Waals surface area contributed by atoms with Crippen LogP contribution in [0.4, 0.5) is 10.1 Å². The van der Waals surface area contributed by atoms with E-state index in [9.17, 15) is 4.39 Å². The number of ether oxygens (including phenoxy) is 1. The maximum Gasteiger partial charge on any atom is 0.145 e. The maximum absolute atomic E-state index is 13.0. The van der Waals surface area contributed by atoms with Gasteiger partial charge in [-0.05, 0) is 42.3 Å². The van der Waals surface area contributed by atoms with Gasteiger partial charge in [-0.25, -0.2) is 4.39 Å². The molecule has 0 fully saturated rings. The van der Waals surface area contributed by atoms with Crippen LogP contribution in [0, 0.1) is 12.7 Å². The molecule has 2 rings (SSSR count). The molecule has 0 aliphatic rings. The second kappa shape index (κ2) is 5.40. The Balaban J connectivity index is 2.16. The molecule has 2 aromatic carbocycles. The third kappa shape index (κ3) is 3.01. The number of nitrogens with two attached hydrogens (primary N) is 1. The number of rotatable bonds is 3. The summed E-state index contributed by atoms with van der Waals surface area (Å²) in [5.74, 6) is 0.374. The highest BCUT2D eigenvalue weighted by molar-refractivity contribution is 9.10. The lowest BCUT2D eigenvalue weighted by Gasteiger charge is -2.12. The highest BCUT2D eigenvalue weighted by atomic mass is 79.9. The molecule has 0 aromatic heterocycles. The van der Waals surface area contributed by atoms with Gasteiger partial charge in [0.1, 0.15) is 18.2 Å². The van der Waals surface area contributed by atoms with E-state index in [-0.39, 0.29) is 5.82 Å². The first-order chi connectivity index (χ1) is 8.56. The van der Waals surface area contributed by atoms with Crippen molar-refractivity contribution < 1.29 is 9.13 Å². The van der Waals surface area contributed by atoms with Gasteiger partial charge in [0, 0.05) is 4.47 Å². The summed E-state index contributed by atoms with van der Waals surface area (Å²) in [6, 6.07) is 10.0. The molecule has 0 saturated heterocycles. The zero-order valence-corrected chi connectivity index (χ0v) is 11.5. The van der Waals surface area contributed by atoms with Crippen molar-refractivity contribution in [3.63, 3.8) is 0 Å². The van der Waals surface area contributed by atoms with E-state index in [1.54, 1.807) is 12.1 Å². The molecule has 0 atom stereocenters. The van der Waals surface area contributed by atoms with Crippen LogP contribution < -0.4 is 10.5 Å². The van der Waals surface area contributed by atoms with Crippen LogP contribution in [0.2, 0.25) is 0 Å². The zero-order valence-electron chi connectivity index (χ0n) is 9.91. The molecule has 0 radical (unpaired) electrons. The zero-order chi connectivity index (χ0) is 13.1. The average molecular weight is 310 g/mol.